The third-order valence-electron chi connectivity index (χ3n) is 7.46. The topological polar surface area (TPSA) is 92.5 Å². The van der Waals surface area contributed by atoms with E-state index in [0.717, 1.165) is 24.8 Å². The molecule has 1 atom stereocenters. The summed E-state index contributed by atoms with van der Waals surface area (Å²) in [4.78, 5) is 42.6. The number of rotatable bonds is 12. The molecule has 1 saturated heterocycles. The van der Waals surface area contributed by atoms with Gasteiger partial charge in [0.25, 0.3) is 0 Å². The van der Waals surface area contributed by atoms with Crippen molar-refractivity contribution in [1.82, 2.24) is 10.2 Å². The Balaban J connectivity index is 1.65. The molecule has 0 radical (unpaired) electrons. The average molecular weight is 687 g/mol. The Hall–Kier alpha value is -3.13. The highest BCUT2D eigenvalue weighted by molar-refractivity contribution is 6.42. The van der Waals surface area contributed by atoms with E-state index < -0.39 is 6.04 Å². The number of hydrogen-bond acceptors (Lipinski definition) is 4. The van der Waals surface area contributed by atoms with E-state index in [0.29, 0.717) is 68.2 Å². The monoisotopic (exact) mass is 685 g/mol. The van der Waals surface area contributed by atoms with Gasteiger partial charge in [-0.25, -0.2) is 0 Å². The van der Waals surface area contributed by atoms with Crippen molar-refractivity contribution in [2.24, 2.45) is 5.73 Å². The molecule has 45 heavy (non-hydrogen) atoms. The Kier molecular flexibility index (Phi) is 13.1. The summed E-state index contributed by atoms with van der Waals surface area (Å²) in [5.41, 5.74) is 8.61. The van der Waals surface area contributed by atoms with E-state index in [-0.39, 0.29) is 30.7 Å². The first-order chi connectivity index (χ1) is 21.6. The molecule has 3 N–H and O–H groups in total. The lowest BCUT2D eigenvalue weighted by molar-refractivity contribution is -0.136. The van der Waals surface area contributed by atoms with E-state index >= 15 is 0 Å². The zero-order valence-electron chi connectivity index (χ0n) is 24.7. The highest BCUT2D eigenvalue weighted by atomic mass is 35.5. The lowest BCUT2D eigenvalue weighted by atomic mass is 9.93. The van der Waals surface area contributed by atoms with Crippen molar-refractivity contribution >= 4 is 76.2 Å². The molecule has 2 amide bonds. The number of unbranched alkanes of at least 4 members (excludes halogenated alkanes) is 3. The Morgan fingerprint density at radius 3 is 1.87 bits per heavy atom. The van der Waals surface area contributed by atoms with E-state index in [1.54, 1.807) is 53.5 Å². The molecule has 1 fully saturated rings. The van der Waals surface area contributed by atoms with E-state index in [4.69, 9.17) is 52.1 Å². The molecule has 1 unspecified atom stereocenters. The van der Waals surface area contributed by atoms with E-state index in [1.165, 1.54) is 0 Å². The normalized spacial score (nSPS) is 15.8. The molecule has 0 bridgehead atoms. The smallest absolute Gasteiger partial charge is 0.246 e. The number of Topliss-reactive ketones (excluding diaryl/α,β-unsaturated/α-hetero) is 1. The number of carbonyl (C=O) groups excluding carboxylic acids is 3. The highest BCUT2D eigenvalue weighted by Gasteiger charge is 2.33. The third-order valence-corrected chi connectivity index (χ3v) is 8.94. The number of halogens is 4. The summed E-state index contributed by atoms with van der Waals surface area (Å²) in [6, 6.07) is 18.9. The third kappa shape index (κ3) is 10.2. The molecule has 0 aliphatic carbocycles. The maximum absolute atomic E-state index is 14.2. The molecule has 1 aliphatic rings. The summed E-state index contributed by atoms with van der Waals surface area (Å²) < 4.78 is 0. The van der Waals surface area contributed by atoms with Crippen LogP contribution in [0.5, 0.6) is 0 Å². The van der Waals surface area contributed by atoms with Crippen molar-refractivity contribution in [3.8, 4) is 0 Å². The molecular formula is C35H35Cl4N3O3. The van der Waals surface area contributed by atoms with Crippen LogP contribution in [0.15, 0.2) is 77.9 Å². The first-order valence-electron chi connectivity index (χ1n) is 14.8. The number of benzene rings is 3. The number of nitrogens with zero attached hydrogens (tertiary/aromatic N) is 1. The van der Waals surface area contributed by atoms with Gasteiger partial charge < -0.3 is 16.0 Å². The highest BCUT2D eigenvalue weighted by Crippen LogP contribution is 2.28. The maximum atomic E-state index is 14.2. The lowest BCUT2D eigenvalue weighted by Crippen LogP contribution is -2.52. The van der Waals surface area contributed by atoms with Crippen molar-refractivity contribution in [1.29, 1.82) is 0 Å². The van der Waals surface area contributed by atoms with Crippen LogP contribution in [0, 0.1) is 0 Å². The van der Waals surface area contributed by atoms with Crippen molar-refractivity contribution in [2.45, 2.75) is 44.6 Å². The van der Waals surface area contributed by atoms with Crippen molar-refractivity contribution in [2.75, 3.05) is 19.6 Å². The molecule has 0 aromatic heterocycles. The second-order valence-corrected chi connectivity index (χ2v) is 12.6. The van der Waals surface area contributed by atoms with Gasteiger partial charge >= 0.3 is 0 Å². The van der Waals surface area contributed by atoms with Gasteiger partial charge in [-0.15, -0.1) is 0 Å². The summed E-state index contributed by atoms with van der Waals surface area (Å²) in [6.45, 7) is 0.731. The van der Waals surface area contributed by atoms with Gasteiger partial charge in [0.05, 0.1) is 20.1 Å². The number of amides is 2. The zero-order valence-corrected chi connectivity index (χ0v) is 27.7. The Bertz CT molecular complexity index is 1520. The van der Waals surface area contributed by atoms with Gasteiger partial charge in [0, 0.05) is 37.1 Å². The Labute approximate surface area is 284 Å². The van der Waals surface area contributed by atoms with E-state index in [2.05, 4.69) is 5.32 Å². The summed E-state index contributed by atoms with van der Waals surface area (Å²) in [7, 11) is 0. The van der Waals surface area contributed by atoms with Gasteiger partial charge in [-0.1, -0.05) is 102 Å². The standard InChI is InChI=1S/C35H35Cl4N3O3/c36-28-13-11-24(18-30(28)38)16-26-21-42(22-27(34(26)44)17-25-12-14-29(37)31(39)19-25)35(45)32(20-23-8-4-3-5-9-23)41-33(43)10-6-1-2-7-15-40/h3-5,8-9,11-14,16-19,32H,1-2,6-7,10,15,20-22,40H2,(H,41,43). The molecule has 4 rings (SSSR count). The van der Waals surface area contributed by atoms with Gasteiger partial charge in [0.1, 0.15) is 6.04 Å². The SMILES string of the molecule is NCCCCCCC(=O)NC(Cc1ccccc1)C(=O)N1CC(=Cc2ccc(Cl)c(Cl)c2)C(=O)C(=Cc2ccc(Cl)c(Cl)c2)C1. The predicted molar refractivity (Wildman–Crippen MR) is 185 cm³/mol. The number of nitrogens with two attached hydrogens (primary N) is 1. The summed E-state index contributed by atoms with van der Waals surface area (Å²) >= 11 is 24.7. The van der Waals surface area contributed by atoms with Crippen LogP contribution >= 0.6 is 46.4 Å². The average Bonchev–Trinajstić information content (AvgIpc) is 3.02. The molecule has 6 nitrogen and oxygen atoms in total. The minimum atomic E-state index is -0.824. The lowest BCUT2D eigenvalue weighted by Gasteiger charge is -2.33. The predicted octanol–water partition coefficient (Wildman–Crippen LogP) is 7.82. The fourth-order valence-corrected chi connectivity index (χ4v) is 5.74. The van der Waals surface area contributed by atoms with Gasteiger partial charge in [-0.3, -0.25) is 14.4 Å². The minimum Gasteiger partial charge on any atom is -0.344 e. The molecule has 0 saturated carbocycles. The first-order valence-corrected chi connectivity index (χ1v) is 16.3. The van der Waals surface area contributed by atoms with Crippen molar-refractivity contribution in [3.05, 3.63) is 115 Å². The van der Waals surface area contributed by atoms with Gasteiger partial charge in [-0.2, -0.15) is 0 Å². The second-order valence-electron chi connectivity index (χ2n) is 11.0. The van der Waals surface area contributed by atoms with Crippen LogP contribution in [-0.2, 0) is 20.8 Å². The Morgan fingerprint density at radius 1 is 0.778 bits per heavy atom. The molecule has 236 valence electrons. The van der Waals surface area contributed by atoms with E-state index in [1.807, 2.05) is 30.3 Å². The number of carbonyl (C=O) groups is 3. The number of hydrogen-bond donors (Lipinski definition) is 2. The summed E-state index contributed by atoms with van der Waals surface area (Å²) in [5.74, 6) is -0.691. The largest absolute Gasteiger partial charge is 0.344 e. The fourth-order valence-electron chi connectivity index (χ4n) is 5.12. The summed E-state index contributed by atoms with van der Waals surface area (Å²) in [5, 5.41) is 4.46. The molecule has 10 heteroatoms. The quantitative estimate of drug-likeness (QED) is 0.150. The van der Waals surface area contributed by atoms with Gasteiger partial charge in [0.2, 0.25) is 11.8 Å². The van der Waals surface area contributed by atoms with Crippen molar-refractivity contribution in [3.63, 3.8) is 0 Å². The van der Waals surface area contributed by atoms with Crippen LogP contribution < -0.4 is 11.1 Å². The number of nitrogens with one attached hydrogen (secondary N) is 1. The van der Waals surface area contributed by atoms with Gasteiger partial charge in [-0.05, 0) is 72.5 Å². The van der Waals surface area contributed by atoms with Crippen LogP contribution in [0.1, 0.15) is 48.8 Å². The zero-order chi connectivity index (χ0) is 32.3. The molecule has 3 aromatic carbocycles. The van der Waals surface area contributed by atoms with Crippen molar-refractivity contribution < 1.29 is 14.4 Å². The molecule has 3 aromatic rings. The maximum Gasteiger partial charge on any atom is 0.246 e. The number of ketones is 1. The molecule has 0 spiro atoms. The van der Waals surface area contributed by atoms with Crippen LogP contribution in [-0.4, -0.2) is 48.2 Å². The van der Waals surface area contributed by atoms with Crippen LogP contribution in [0.4, 0.5) is 0 Å². The first kappa shape index (κ1) is 34.7. The van der Waals surface area contributed by atoms with Gasteiger partial charge in [0.15, 0.2) is 5.78 Å². The summed E-state index contributed by atoms with van der Waals surface area (Å²) in [6.07, 6.45) is 7.51. The van der Waals surface area contributed by atoms with Crippen LogP contribution in [0.25, 0.3) is 12.2 Å². The van der Waals surface area contributed by atoms with Crippen LogP contribution in [0.3, 0.4) is 0 Å². The van der Waals surface area contributed by atoms with E-state index in [9.17, 15) is 14.4 Å². The molecule has 1 aliphatic heterocycles. The van der Waals surface area contributed by atoms with Crippen LogP contribution in [0.2, 0.25) is 20.1 Å². The second kappa shape index (κ2) is 17.0. The fraction of sp³-hybridized carbons (Fsp3) is 0.286. The number of likely N-dealkylation sites (tertiary alicyclic amines) is 1. The minimum absolute atomic E-state index is 0.0525. The molecular weight excluding hydrogens is 652 g/mol. The number of piperidine rings is 1. The molecule has 1 heterocycles. The Morgan fingerprint density at radius 2 is 1.33 bits per heavy atom.